The molecule has 124 valence electrons. The van der Waals surface area contributed by atoms with Crippen LogP contribution in [0.3, 0.4) is 0 Å². The summed E-state index contributed by atoms with van der Waals surface area (Å²) in [5, 5.41) is 0. The van der Waals surface area contributed by atoms with Gasteiger partial charge in [-0.15, -0.1) is 0 Å². The maximum Gasteiger partial charge on any atom is 0.307 e. The van der Waals surface area contributed by atoms with Crippen LogP contribution in [0.4, 0.5) is 0 Å². The molecule has 0 aliphatic rings. The van der Waals surface area contributed by atoms with Gasteiger partial charge in [0.1, 0.15) is 0 Å². The molecule has 0 spiro atoms. The van der Waals surface area contributed by atoms with E-state index in [1.165, 1.54) is 24.0 Å². The third kappa shape index (κ3) is 4.07. The van der Waals surface area contributed by atoms with Crippen LogP contribution in [0.1, 0.15) is 45.1 Å². The van der Waals surface area contributed by atoms with Gasteiger partial charge in [0, 0.05) is 13.0 Å². The molecular formula is C17H22N2O3S. The molecule has 2 rings (SSSR count). The van der Waals surface area contributed by atoms with Gasteiger partial charge in [0.15, 0.2) is 4.80 Å². The molecule has 1 amide bonds. The van der Waals surface area contributed by atoms with Crippen molar-refractivity contribution in [3.05, 3.63) is 28.6 Å². The second kappa shape index (κ2) is 7.55. The van der Waals surface area contributed by atoms with Crippen molar-refractivity contribution < 1.29 is 14.3 Å². The van der Waals surface area contributed by atoms with Gasteiger partial charge in [0.2, 0.25) is 5.91 Å². The van der Waals surface area contributed by atoms with E-state index in [4.69, 9.17) is 4.74 Å². The fourth-order valence-electron chi connectivity index (χ4n) is 2.24. The third-order valence-electron chi connectivity index (χ3n) is 3.66. The lowest BCUT2D eigenvalue weighted by molar-refractivity contribution is -0.140. The number of nitrogens with zero attached hydrogens (tertiary/aromatic N) is 2. The Hall–Kier alpha value is -1.95. The molecule has 5 nitrogen and oxygen atoms in total. The molecule has 6 heteroatoms. The predicted octanol–water partition coefficient (Wildman–Crippen LogP) is 3.23. The number of carbonyl (C=O) groups is 2. The molecule has 0 fully saturated rings. The molecule has 0 unspecified atom stereocenters. The summed E-state index contributed by atoms with van der Waals surface area (Å²) >= 11 is 1.48. The molecule has 0 saturated heterocycles. The second-order valence-electron chi connectivity index (χ2n) is 5.60. The van der Waals surface area contributed by atoms with Gasteiger partial charge in [-0.3, -0.25) is 9.59 Å². The number of aromatic nitrogens is 1. The fraction of sp³-hybridized carbons (Fsp3) is 0.471. The maximum atomic E-state index is 11.7. The van der Waals surface area contributed by atoms with Gasteiger partial charge in [-0.05, 0) is 23.6 Å². The minimum absolute atomic E-state index is 0.160. The Morgan fingerprint density at radius 3 is 2.70 bits per heavy atom. The Morgan fingerprint density at radius 2 is 2.09 bits per heavy atom. The number of aryl methyl sites for hydroxylation is 1. The highest BCUT2D eigenvalue weighted by Gasteiger charge is 2.11. The monoisotopic (exact) mass is 334 g/mol. The number of thiazole rings is 1. The van der Waals surface area contributed by atoms with Crippen molar-refractivity contribution in [2.45, 2.75) is 46.1 Å². The number of benzene rings is 1. The van der Waals surface area contributed by atoms with Crippen LogP contribution in [0, 0.1) is 0 Å². The topological polar surface area (TPSA) is 60.7 Å². The molecule has 0 bridgehead atoms. The van der Waals surface area contributed by atoms with Crippen LogP contribution in [-0.2, 0) is 20.9 Å². The molecule has 1 aromatic heterocycles. The Kier molecular flexibility index (Phi) is 5.71. The molecule has 0 atom stereocenters. The number of ether oxygens (including phenoxy) is 1. The van der Waals surface area contributed by atoms with Gasteiger partial charge in [-0.25, -0.2) is 0 Å². The lowest BCUT2D eigenvalue weighted by Crippen LogP contribution is -2.19. The van der Waals surface area contributed by atoms with Crippen LogP contribution in [0.5, 0.6) is 0 Å². The Bertz CT molecular complexity index is 787. The third-order valence-corrected chi connectivity index (χ3v) is 4.70. The first-order valence-electron chi connectivity index (χ1n) is 7.74. The summed E-state index contributed by atoms with van der Waals surface area (Å²) in [6.07, 6.45) is 0.615. The summed E-state index contributed by atoms with van der Waals surface area (Å²) in [5.41, 5.74) is 2.23. The number of esters is 1. The zero-order valence-corrected chi connectivity index (χ0v) is 14.8. The molecule has 1 aromatic carbocycles. The Labute approximate surface area is 139 Å². The number of carbonyl (C=O) groups excluding carboxylic acids is 2. The molecule has 0 N–H and O–H groups in total. The highest BCUT2D eigenvalue weighted by molar-refractivity contribution is 7.16. The van der Waals surface area contributed by atoms with Crippen LogP contribution in [0.15, 0.2) is 23.2 Å². The predicted molar refractivity (Wildman–Crippen MR) is 91.4 cm³/mol. The largest absolute Gasteiger partial charge is 0.469 e. The zero-order chi connectivity index (χ0) is 17.0. The molecule has 1 heterocycles. The summed E-state index contributed by atoms with van der Waals surface area (Å²) in [5.74, 6) is -0.00134. The van der Waals surface area contributed by atoms with Crippen LogP contribution in [0.2, 0.25) is 0 Å². The van der Waals surface area contributed by atoms with Crippen molar-refractivity contribution >= 4 is 33.4 Å². The van der Waals surface area contributed by atoms with E-state index in [-0.39, 0.29) is 18.3 Å². The first-order valence-corrected chi connectivity index (χ1v) is 8.55. The lowest BCUT2D eigenvalue weighted by Gasteiger charge is -2.07. The van der Waals surface area contributed by atoms with E-state index < -0.39 is 0 Å². The van der Waals surface area contributed by atoms with Crippen molar-refractivity contribution in [2.24, 2.45) is 4.99 Å². The van der Waals surface area contributed by atoms with Crippen LogP contribution >= 0.6 is 11.3 Å². The van der Waals surface area contributed by atoms with E-state index >= 15 is 0 Å². The van der Waals surface area contributed by atoms with Gasteiger partial charge in [0.05, 0.1) is 23.7 Å². The lowest BCUT2D eigenvalue weighted by atomic mass is 10.0. The van der Waals surface area contributed by atoms with Crippen molar-refractivity contribution in [3.8, 4) is 0 Å². The molecule has 0 radical (unpaired) electrons. The quantitative estimate of drug-likeness (QED) is 0.789. The van der Waals surface area contributed by atoms with Gasteiger partial charge in [-0.1, -0.05) is 38.2 Å². The first kappa shape index (κ1) is 17.4. The van der Waals surface area contributed by atoms with Crippen molar-refractivity contribution in [1.82, 2.24) is 4.57 Å². The van der Waals surface area contributed by atoms with E-state index in [1.807, 2.05) is 10.6 Å². The second-order valence-corrected chi connectivity index (χ2v) is 6.61. The normalized spacial score (nSPS) is 12.1. The Balaban J connectivity index is 2.54. The van der Waals surface area contributed by atoms with Gasteiger partial charge >= 0.3 is 5.97 Å². The van der Waals surface area contributed by atoms with E-state index in [0.29, 0.717) is 23.7 Å². The first-order chi connectivity index (χ1) is 11.0. The standard InChI is InChI=1S/C17H22N2O3S/c1-5-15(20)18-17-19(9-8-16(21)22-4)13-7-6-12(11(2)3)10-14(13)23-17/h6-7,10-11H,5,8-9H2,1-4H3. The fourth-order valence-corrected chi connectivity index (χ4v) is 3.36. The highest BCUT2D eigenvalue weighted by atomic mass is 32.1. The summed E-state index contributed by atoms with van der Waals surface area (Å²) in [6, 6.07) is 6.25. The Morgan fingerprint density at radius 1 is 1.35 bits per heavy atom. The molecular weight excluding hydrogens is 312 g/mol. The highest BCUT2D eigenvalue weighted by Crippen LogP contribution is 2.23. The summed E-state index contributed by atoms with van der Waals surface area (Å²) in [6.45, 7) is 6.52. The SMILES string of the molecule is CCC(=O)N=c1sc2cc(C(C)C)ccc2n1CCC(=O)OC. The van der Waals surface area contributed by atoms with Crippen molar-refractivity contribution in [1.29, 1.82) is 0 Å². The number of fused-ring (bicyclic) bond motifs is 1. The smallest absolute Gasteiger partial charge is 0.307 e. The van der Waals surface area contributed by atoms with E-state index in [9.17, 15) is 9.59 Å². The maximum absolute atomic E-state index is 11.7. The average molecular weight is 334 g/mol. The van der Waals surface area contributed by atoms with Crippen LogP contribution in [-0.4, -0.2) is 23.6 Å². The number of amides is 1. The molecule has 0 aliphatic carbocycles. The van der Waals surface area contributed by atoms with E-state index in [1.54, 1.807) is 6.92 Å². The molecule has 2 aromatic rings. The van der Waals surface area contributed by atoms with Crippen LogP contribution < -0.4 is 4.80 Å². The number of hydrogen-bond acceptors (Lipinski definition) is 4. The van der Waals surface area contributed by atoms with Gasteiger partial charge in [0.25, 0.3) is 0 Å². The average Bonchev–Trinajstić information content (AvgIpc) is 2.88. The number of rotatable bonds is 5. The van der Waals surface area contributed by atoms with Crippen molar-refractivity contribution in [2.75, 3.05) is 7.11 Å². The van der Waals surface area contributed by atoms with Gasteiger partial charge in [-0.2, -0.15) is 4.99 Å². The van der Waals surface area contributed by atoms with E-state index in [2.05, 4.69) is 31.0 Å². The zero-order valence-electron chi connectivity index (χ0n) is 14.0. The van der Waals surface area contributed by atoms with Gasteiger partial charge < -0.3 is 9.30 Å². The van der Waals surface area contributed by atoms with Crippen LogP contribution in [0.25, 0.3) is 10.2 Å². The minimum atomic E-state index is -0.275. The minimum Gasteiger partial charge on any atom is -0.469 e. The number of methoxy groups -OCH3 is 1. The molecule has 0 saturated carbocycles. The summed E-state index contributed by atoms with van der Waals surface area (Å²) in [7, 11) is 1.37. The summed E-state index contributed by atoms with van der Waals surface area (Å²) in [4.78, 5) is 28.0. The molecule has 0 aliphatic heterocycles. The van der Waals surface area contributed by atoms with E-state index in [0.717, 1.165) is 10.2 Å². The number of hydrogen-bond donors (Lipinski definition) is 0. The van der Waals surface area contributed by atoms with Crippen molar-refractivity contribution in [3.63, 3.8) is 0 Å². The molecule has 23 heavy (non-hydrogen) atoms. The summed E-state index contributed by atoms with van der Waals surface area (Å²) < 4.78 is 7.70.